The fourth-order valence-electron chi connectivity index (χ4n) is 1.93. The van der Waals surface area contributed by atoms with E-state index in [9.17, 15) is 0 Å². The lowest BCUT2D eigenvalue weighted by Crippen LogP contribution is -2.19. The number of hydrogen-bond acceptors (Lipinski definition) is 4. The fraction of sp³-hybridized carbons (Fsp3) is 0.438. The summed E-state index contributed by atoms with van der Waals surface area (Å²) in [4.78, 5) is 5.33. The van der Waals surface area contributed by atoms with Crippen molar-refractivity contribution in [1.82, 2.24) is 10.3 Å². The third-order valence-corrected chi connectivity index (χ3v) is 4.71. The van der Waals surface area contributed by atoms with Crippen LogP contribution in [0.4, 0.5) is 0 Å². The van der Waals surface area contributed by atoms with Gasteiger partial charge in [0.05, 0.1) is 10.7 Å². The van der Waals surface area contributed by atoms with Crippen LogP contribution in [0.3, 0.4) is 0 Å². The summed E-state index contributed by atoms with van der Waals surface area (Å²) in [5.41, 5.74) is 2.11. The smallest absolute Gasteiger partial charge is 0.261 e. The molecule has 1 unspecified atom stereocenters. The van der Waals surface area contributed by atoms with Crippen LogP contribution >= 0.6 is 23.4 Å². The molecule has 5 heteroatoms. The van der Waals surface area contributed by atoms with Gasteiger partial charge in [0.25, 0.3) is 5.22 Å². The Labute approximate surface area is 135 Å². The van der Waals surface area contributed by atoms with E-state index in [0.717, 1.165) is 34.3 Å². The maximum atomic E-state index is 6.39. The minimum absolute atomic E-state index is 0.299. The SMILES string of the molecule is CCCNC(C)c1ccc(Sc2nc(C)c(C)o2)c(Cl)c1. The molecule has 0 saturated heterocycles. The number of halogens is 1. The topological polar surface area (TPSA) is 38.1 Å². The Balaban J connectivity index is 2.11. The molecule has 1 heterocycles. The van der Waals surface area contributed by atoms with Gasteiger partial charge in [-0.1, -0.05) is 24.6 Å². The van der Waals surface area contributed by atoms with Crippen molar-refractivity contribution in [3.8, 4) is 0 Å². The monoisotopic (exact) mass is 324 g/mol. The minimum Gasteiger partial charge on any atom is -0.436 e. The predicted octanol–water partition coefficient (Wildman–Crippen LogP) is 5.16. The quantitative estimate of drug-likeness (QED) is 0.796. The first-order valence-electron chi connectivity index (χ1n) is 7.16. The second-order valence-corrected chi connectivity index (χ2v) is 6.49. The second-order valence-electron chi connectivity index (χ2n) is 5.09. The molecule has 0 bridgehead atoms. The number of aromatic nitrogens is 1. The Bertz CT molecular complexity index is 593. The highest BCUT2D eigenvalue weighted by Crippen LogP contribution is 2.35. The van der Waals surface area contributed by atoms with Crippen LogP contribution in [-0.2, 0) is 0 Å². The summed E-state index contributed by atoms with van der Waals surface area (Å²) < 4.78 is 5.58. The van der Waals surface area contributed by atoms with Crippen LogP contribution in [0.25, 0.3) is 0 Å². The van der Waals surface area contributed by atoms with E-state index in [1.807, 2.05) is 26.0 Å². The van der Waals surface area contributed by atoms with E-state index >= 15 is 0 Å². The molecule has 1 N–H and O–H groups in total. The Kier molecular flexibility index (Phi) is 5.73. The number of hydrogen-bond donors (Lipinski definition) is 1. The molecule has 1 atom stereocenters. The largest absolute Gasteiger partial charge is 0.436 e. The first-order chi connectivity index (χ1) is 10.0. The molecular weight excluding hydrogens is 304 g/mol. The van der Waals surface area contributed by atoms with Crippen LogP contribution in [0.15, 0.2) is 32.7 Å². The van der Waals surface area contributed by atoms with Crippen LogP contribution in [-0.4, -0.2) is 11.5 Å². The third-order valence-electron chi connectivity index (χ3n) is 3.36. The lowest BCUT2D eigenvalue weighted by molar-refractivity contribution is 0.431. The van der Waals surface area contributed by atoms with Gasteiger partial charge in [-0.3, -0.25) is 0 Å². The van der Waals surface area contributed by atoms with E-state index in [2.05, 4.69) is 30.2 Å². The molecule has 3 nitrogen and oxygen atoms in total. The molecule has 2 aromatic rings. The van der Waals surface area contributed by atoms with Gasteiger partial charge < -0.3 is 9.73 Å². The molecule has 0 aliphatic rings. The van der Waals surface area contributed by atoms with Crippen LogP contribution in [0.2, 0.25) is 5.02 Å². The van der Waals surface area contributed by atoms with Crippen LogP contribution in [0, 0.1) is 13.8 Å². The van der Waals surface area contributed by atoms with Gasteiger partial charge in [0.15, 0.2) is 0 Å². The van der Waals surface area contributed by atoms with Gasteiger partial charge >= 0.3 is 0 Å². The average Bonchev–Trinajstić information content (AvgIpc) is 2.77. The molecular formula is C16H21ClN2OS. The molecule has 0 aliphatic heterocycles. The average molecular weight is 325 g/mol. The summed E-state index contributed by atoms with van der Waals surface area (Å²) in [6, 6.07) is 6.44. The van der Waals surface area contributed by atoms with E-state index < -0.39 is 0 Å². The molecule has 1 aromatic heterocycles. The molecule has 0 amide bonds. The Hall–Kier alpha value is -0.970. The summed E-state index contributed by atoms with van der Waals surface area (Å²) in [5.74, 6) is 0.850. The first kappa shape index (κ1) is 16.4. The number of benzene rings is 1. The molecule has 0 radical (unpaired) electrons. The first-order valence-corrected chi connectivity index (χ1v) is 8.35. The van der Waals surface area contributed by atoms with Crippen molar-refractivity contribution in [3.05, 3.63) is 40.2 Å². The van der Waals surface area contributed by atoms with Gasteiger partial charge in [0.2, 0.25) is 0 Å². The van der Waals surface area contributed by atoms with E-state index in [-0.39, 0.29) is 0 Å². The van der Waals surface area contributed by atoms with E-state index in [4.69, 9.17) is 16.0 Å². The highest BCUT2D eigenvalue weighted by atomic mass is 35.5. The molecule has 0 saturated carbocycles. The summed E-state index contributed by atoms with van der Waals surface area (Å²) in [7, 11) is 0. The van der Waals surface area contributed by atoms with Crippen molar-refractivity contribution >= 4 is 23.4 Å². The van der Waals surface area contributed by atoms with Crippen LogP contribution < -0.4 is 5.32 Å². The van der Waals surface area contributed by atoms with E-state index in [1.54, 1.807) is 0 Å². The number of aryl methyl sites for hydroxylation is 2. The standard InChI is InChI=1S/C16H21ClN2OS/c1-5-8-18-11(3)13-6-7-15(14(17)9-13)21-16-19-10(2)12(4)20-16/h6-7,9,11,18H,5,8H2,1-4H3. The Morgan fingerprint density at radius 1 is 1.38 bits per heavy atom. The number of nitrogens with one attached hydrogen (secondary N) is 1. The molecule has 114 valence electrons. The second kappa shape index (κ2) is 7.34. The Morgan fingerprint density at radius 2 is 2.14 bits per heavy atom. The fourth-order valence-corrected chi connectivity index (χ4v) is 3.06. The highest BCUT2D eigenvalue weighted by molar-refractivity contribution is 7.99. The van der Waals surface area contributed by atoms with Gasteiger partial charge in [-0.2, -0.15) is 0 Å². The van der Waals surface area contributed by atoms with Crippen molar-refractivity contribution < 1.29 is 4.42 Å². The summed E-state index contributed by atoms with van der Waals surface area (Å²) >= 11 is 7.84. The van der Waals surface area contributed by atoms with Crippen molar-refractivity contribution in [2.75, 3.05) is 6.54 Å². The highest BCUT2D eigenvalue weighted by Gasteiger charge is 2.12. The van der Waals surface area contributed by atoms with Crippen molar-refractivity contribution in [2.24, 2.45) is 0 Å². The minimum atomic E-state index is 0.299. The Morgan fingerprint density at radius 3 is 2.71 bits per heavy atom. The zero-order chi connectivity index (χ0) is 15.4. The molecule has 0 spiro atoms. The molecule has 1 aromatic carbocycles. The lowest BCUT2D eigenvalue weighted by atomic mass is 10.1. The lowest BCUT2D eigenvalue weighted by Gasteiger charge is -2.14. The van der Waals surface area contributed by atoms with Crippen molar-refractivity contribution in [3.63, 3.8) is 0 Å². The van der Waals surface area contributed by atoms with E-state index in [1.165, 1.54) is 17.3 Å². The summed E-state index contributed by atoms with van der Waals surface area (Å²) in [5, 5.41) is 4.83. The molecule has 2 rings (SSSR count). The van der Waals surface area contributed by atoms with Gasteiger partial charge in [0.1, 0.15) is 5.76 Å². The predicted molar refractivity (Wildman–Crippen MR) is 88.3 cm³/mol. The molecule has 0 fully saturated rings. The van der Waals surface area contributed by atoms with Gasteiger partial charge in [0, 0.05) is 10.9 Å². The van der Waals surface area contributed by atoms with Gasteiger partial charge in [-0.15, -0.1) is 0 Å². The third kappa shape index (κ3) is 4.25. The van der Waals surface area contributed by atoms with Crippen molar-refractivity contribution in [2.45, 2.75) is 50.3 Å². The van der Waals surface area contributed by atoms with Crippen LogP contribution in [0.1, 0.15) is 43.3 Å². The van der Waals surface area contributed by atoms with Crippen molar-refractivity contribution in [1.29, 1.82) is 0 Å². The summed E-state index contributed by atoms with van der Waals surface area (Å²) in [6.45, 7) is 9.17. The van der Waals surface area contributed by atoms with Gasteiger partial charge in [-0.05, 0) is 63.2 Å². The maximum absolute atomic E-state index is 6.39. The molecule has 0 aliphatic carbocycles. The normalized spacial score (nSPS) is 12.6. The number of nitrogens with zero attached hydrogens (tertiary/aromatic N) is 1. The number of oxazole rings is 1. The zero-order valence-corrected chi connectivity index (χ0v) is 14.4. The maximum Gasteiger partial charge on any atom is 0.261 e. The van der Waals surface area contributed by atoms with Crippen LogP contribution in [0.5, 0.6) is 0 Å². The zero-order valence-electron chi connectivity index (χ0n) is 12.9. The van der Waals surface area contributed by atoms with E-state index in [0.29, 0.717) is 11.3 Å². The number of rotatable bonds is 6. The van der Waals surface area contributed by atoms with Gasteiger partial charge in [-0.25, -0.2) is 4.98 Å². The molecule has 21 heavy (non-hydrogen) atoms. The summed E-state index contributed by atoms with van der Waals surface area (Å²) in [6.07, 6.45) is 1.12.